The lowest BCUT2D eigenvalue weighted by molar-refractivity contribution is 0.417. The molecule has 0 radical (unpaired) electrons. The Morgan fingerprint density at radius 1 is 0.737 bits per heavy atom. The van der Waals surface area contributed by atoms with Gasteiger partial charge in [0.2, 0.25) is 0 Å². The van der Waals surface area contributed by atoms with Crippen molar-refractivity contribution in [3.63, 3.8) is 0 Å². The second kappa shape index (κ2) is 3.25. The van der Waals surface area contributed by atoms with E-state index in [4.69, 9.17) is 4.74 Å². The number of epoxide rings is 1. The van der Waals surface area contributed by atoms with Gasteiger partial charge in [0, 0.05) is 0 Å². The van der Waals surface area contributed by atoms with Crippen molar-refractivity contribution in [2.75, 3.05) is 6.61 Å². The Morgan fingerprint density at radius 2 is 1.37 bits per heavy atom. The van der Waals surface area contributed by atoms with E-state index in [1.54, 1.807) is 0 Å². The van der Waals surface area contributed by atoms with Crippen molar-refractivity contribution >= 4 is 32.3 Å². The lowest BCUT2D eigenvalue weighted by Crippen LogP contribution is -1.88. The zero-order chi connectivity index (χ0) is 12.4. The maximum atomic E-state index is 5.48. The van der Waals surface area contributed by atoms with Crippen LogP contribution in [0.25, 0.3) is 32.3 Å². The van der Waals surface area contributed by atoms with Crippen LogP contribution in [0.15, 0.2) is 54.6 Å². The van der Waals surface area contributed by atoms with Crippen molar-refractivity contribution in [3.05, 3.63) is 60.2 Å². The van der Waals surface area contributed by atoms with Gasteiger partial charge in [0.15, 0.2) is 0 Å². The Morgan fingerprint density at radius 3 is 2.11 bits per heavy atom. The van der Waals surface area contributed by atoms with Crippen molar-refractivity contribution in [2.24, 2.45) is 0 Å². The molecule has 0 aliphatic carbocycles. The normalized spacial score (nSPS) is 18.6. The molecular weight excluding hydrogens is 232 g/mol. The maximum absolute atomic E-state index is 5.48. The van der Waals surface area contributed by atoms with Crippen LogP contribution in [0.3, 0.4) is 0 Å². The molecule has 1 saturated heterocycles. The van der Waals surface area contributed by atoms with E-state index in [1.165, 1.54) is 37.9 Å². The summed E-state index contributed by atoms with van der Waals surface area (Å²) in [6.45, 7) is 0.865. The highest BCUT2D eigenvalue weighted by atomic mass is 16.6. The summed E-state index contributed by atoms with van der Waals surface area (Å²) in [6, 6.07) is 19.9. The van der Waals surface area contributed by atoms with E-state index < -0.39 is 0 Å². The highest BCUT2D eigenvalue weighted by Crippen LogP contribution is 2.41. The van der Waals surface area contributed by atoms with Gasteiger partial charge in [-0.1, -0.05) is 54.6 Å². The summed E-state index contributed by atoms with van der Waals surface area (Å²) >= 11 is 0. The first kappa shape index (κ1) is 9.76. The quantitative estimate of drug-likeness (QED) is 0.350. The van der Waals surface area contributed by atoms with E-state index in [0.29, 0.717) is 6.10 Å². The molecule has 1 heterocycles. The molecule has 19 heavy (non-hydrogen) atoms. The lowest BCUT2D eigenvalue weighted by Gasteiger charge is -2.12. The number of ether oxygens (including phenoxy) is 1. The maximum Gasteiger partial charge on any atom is 0.107 e. The molecule has 1 atom stereocenters. The summed E-state index contributed by atoms with van der Waals surface area (Å²) in [6.07, 6.45) is 0.310. The second-order valence-corrected chi connectivity index (χ2v) is 5.33. The van der Waals surface area contributed by atoms with E-state index in [9.17, 15) is 0 Å². The molecule has 0 N–H and O–H groups in total. The van der Waals surface area contributed by atoms with Crippen LogP contribution in [-0.2, 0) is 4.74 Å². The molecular formula is C18H12O. The number of benzene rings is 4. The average Bonchev–Trinajstić information content (AvgIpc) is 3.29. The predicted octanol–water partition coefficient (Wildman–Crippen LogP) is 4.66. The van der Waals surface area contributed by atoms with Crippen LogP contribution in [-0.4, -0.2) is 6.61 Å². The van der Waals surface area contributed by atoms with E-state index >= 15 is 0 Å². The van der Waals surface area contributed by atoms with Gasteiger partial charge in [-0.15, -0.1) is 0 Å². The first-order chi connectivity index (χ1) is 9.42. The minimum atomic E-state index is 0.310. The zero-order valence-electron chi connectivity index (χ0n) is 10.4. The SMILES string of the molecule is c1cc2ccc3ccc([C@@H]4CO4)c4ccc(c1)c2c34. The Kier molecular flexibility index (Phi) is 1.67. The van der Waals surface area contributed by atoms with Gasteiger partial charge in [-0.2, -0.15) is 0 Å². The van der Waals surface area contributed by atoms with Gasteiger partial charge in [-0.3, -0.25) is 0 Å². The number of hydrogen-bond acceptors (Lipinski definition) is 1. The van der Waals surface area contributed by atoms with Crippen LogP contribution < -0.4 is 0 Å². The summed E-state index contributed by atoms with van der Waals surface area (Å²) in [5.74, 6) is 0. The van der Waals surface area contributed by atoms with Gasteiger partial charge in [0.1, 0.15) is 6.10 Å². The molecule has 4 aromatic rings. The summed E-state index contributed by atoms with van der Waals surface area (Å²) in [5, 5.41) is 8.10. The van der Waals surface area contributed by atoms with Gasteiger partial charge in [-0.25, -0.2) is 0 Å². The molecule has 0 unspecified atom stereocenters. The molecule has 5 rings (SSSR count). The Hall–Kier alpha value is -2.12. The summed E-state index contributed by atoms with van der Waals surface area (Å²) in [4.78, 5) is 0. The molecule has 0 amide bonds. The molecule has 1 heteroatoms. The first-order valence-electron chi connectivity index (χ1n) is 6.70. The fourth-order valence-electron chi connectivity index (χ4n) is 3.27. The molecule has 1 nitrogen and oxygen atoms in total. The summed E-state index contributed by atoms with van der Waals surface area (Å²) in [7, 11) is 0. The molecule has 1 fully saturated rings. The highest BCUT2D eigenvalue weighted by molar-refractivity contribution is 6.23. The van der Waals surface area contributed by atoms with Crippen LogP contribution in [0.1, 0.15) is 11.7 Å². The Balaban J connectivity index is 2.10. The van der Waals surface area contributed by atoms with Crippen molar-refractivity contribution < 1.29 is 4.74 Å². The van der Waals surface area contributed by atoms with E-state index in [1.807, 2.05) is 0 Å². The molecule has 1 aliphatic heterocycles. The first-order valence-corrected chi connectivity index (χ1v) is 6.70. The van der Waals surface area contributed by atoms with Gasteiger partial charge < -0.3 is 4.74 Å². The van der Waals surface area contributed by atoms with Gasteiger partial charge in [-0.05, 0) is 37.9 Å². The molecule has 0 bridgehead atoms. The van der Waals surface area contributed by atoms with E-state index in [2.05, 4.69) is 54.6 Å². The van der Waals surface area contributed by atoms with Crippen LogP contribution in [0.4, 0.5) is 0 Å². The minimum absolute atomic E-state index is 0.310. The van der Waals surface area contributed by atoms with Crippen LogP contribution >= 0.6 is 0 Å². The van der Waals surface area contributed by atoms with Crippen LogP contribution in [0.2, 0.25) is 0 Å². The Bertz CT molecular complexity index is 903. The summed E-state index contributed by atoms with van der Waals surface area (Å²) in [5.41, 5.74) is 1.34. The standard InChI is InChI=1S/C18H12O/c1-2-11-4-5-13-6-8-14(16-10-19-16)15-9-7-12(3-1)17(11)18(13)15/h1-9,16H,10H2/t16-/m0/s1. The predicted molar refractivity (Wildman–Crippen MR) is 78.8 cm³/mol. The van der Waals surface area contributed by atoms with Crippen LogP contribution in [0.5, 0.6) is 0 Å². The monoisotopic (exact) mass is 244 g/mol. The van der Waals surface area contributed by atoms with Crippen molar-refractivity contribution in [2.45, 2.75) is 6.10 Å². The lowest BCUT2D eigenvalue weighted by atomic mass is 9.91. The topological polar surface area (TPSA) is 12.5 Å². The van der Waals surface area contributed by atoms with E-state index in [0.717, 1.165) is 6.61 Å². The smallest absolute Gasteiger partial charge is 0.107 e. The molecule has 90 valence electrons. The van der Waals surface area contributed by atoms with Crippen LogP contribution in [0, 0.1) is 0 Å². The van der Waals surface area contributed by atoms with Gasteiger partial charge in [0.05, 0.1) is 6.61 Å². The van der Waals surface area contributed by atoms with E-state index in [-0.39, 0.29) is 0 Å². The van der Waals surface area contributed by atoms with Gasteiger partial charge in [0.25, 0.3) is 0 Å². The molecule has 0 aromatic heterocycles. The Labute approximate surface area is 110 Å². The fraction of sp³-hybridized carbons (Fsp3) is 0.111. The molecule has 0 saturated carbocycles. The molecule has 1 aliphatic rings. The second-order valence-electron chi connectivity index (χ2n) is 5.33. The van der Waals surface area contributed by atoms with Crippen molar-refractivity contribution in [1.82, 2.24) is 0 Å². The fourth-order valence-corrected chi connectivity index (χ4v) is 3.27. The third-order valence-electron chi connectivity index (χ3n) is 4.24. The third kappa shape index (κ3) is 1.23. The van der Waals surface area contributed by atoms with Gasteiger partial charge >= 0.3 is 0 Å². The number of rotatable bonds is 1. The average molecular weight is 244 g/mol. The largest absolute Gasteiger partial charge is 0.368 e. The highest BCUT2D eigenvalue weighted by Gasteiger charge is 2.27. The molecule has 4 aromatic carbocycles. The molecule has 0 spiro atoms. The number of hydrogen-bond donors (Lipinski definition) is 0. The van der Waals surface area contributed by atoms with Crippen molar-refractivity contribution in [1.29, 1.82) is 0 Å². The minimum Gasteiger partial charge on any atom is -0.368 e. The third-order valence-corrected chi connectivity index (χ3v) is 4.24. The summed E-state index contributed by atoms with van der Waals surface area (Å²) < 4.78 is 5.48. The zero-order valence-corrected chi connectivity index (χ0v) is 10.4. The van der Waals surface area contributed by atoms with Crippen molar-refractivity contribution in [3.8, 4) is 0 Å².